The van der Waals surface area contributed by atoms with E-state index >= 15 is 0 Å². The third-order valence-corrected chi connectivity index (χ3v) is 4.67. The first-order chi connectivity index (χ1) is 11.5. The number of aliphatic imine (C=N–C) groups is 1. The number of carbonyl (C=O) groups excluding carboxylic acids is 1. The van der Waals surface area contributed by atoms with Crippen molar-refractivity contribution in [3.05, 3.63) is 30.6 Å². The van der Waals surface area contributed by atoms with Gasteiger partial charge in [0.1, 0.15) is 18.7 Å². The molecular formula is C13H15N7O3S. The summed E-state index contributed by atoms with van der Waals surface area (Å²) >= 11 is 0. The van der Waals surface area contributed by atoms with Gasteiger partial charge in [-0.3, -0.25) is 14.5 Å². The number of aromatic nitrogens is 4. The number of benzene rings is 1. The minimum atomic E-state index is -3.65. The lowest BCUT2D eigenvalue weighted by Gasteiger charge is -2.09. The maximum Gasteiger partial charge on any atom is 0.262 e. The molecule has 1 aliphatic heterocycles. The normalized spacial score (nSPS) is 14.2. The van der Waals surface area contributed by atoms with Crippen LogP contribution in [0.4, 0.5) is 5.69 Å². The van der Waals surface area contributed by atoms with Crippen LogP contribution in [0.25, 0.3) is 0 Å². The summed E-state index contributed by atoms with van der Waals surface area (Å²) in [6.07, 6.45) is 2.81. The molecule has 2 N–H and O–H groups in total. The number of carbonyl (C=O) groups is 1. The fourth-order valence-corrected chi connectivity index (χ4v) is 3.24. The molecule has 0 saturated carbocycles. The highest BCUT2D eigenvalue weighted by atomic mass is 32.2. The van der Waals surface area contributed by atoms with Gasteiger partial charge in [-0.15, -0.1) is 5.10 Å². The van der Waals surface area contributed by atoms with Crippen LogP contribution in [0, 0.1) is 0 Å². The lowest BCUT2D eigenvalue weighted by atomic mass is 10.3. The van der Waals surface area contributed by atoms with Crippen molar-refractivity contribution in [2.45, 2.75) is 24.3 Å². The van der Waals surface area contributed by atoms with Gasteiger partial charge < -0.3 is 5.32 Å². The largest absolute Gasteiger partial charge is 0.324 e. The number of sulfonamides is 1. The molecule has 24 heavy (non-hydrogen) atoms. The summed E-state index contributed by atoms with van der Waals surface area (Å²) in [5, 5.41) is 13.1. The second-order valence-corrected chi connectivity index (χ2v) is 6.80. The van der Waals surface area contributed by atoms with E-state index in [1.54, 1.807) is 0 Å². The molecule has 2 heterocycles. The van der Waals surface area contributed by atoms with Gasteiger partial charge in [-0.05, 0) is 41.1 Å². The average molecular weight is 349 g/mol. The highest BCUT2D eigenvalue weighted by Crippen LogP contribution is 2.15. The van der Waals surface area contributed by atoms with Crippen LogP contribution in [0.5, 0.6) is 0 Å². The van der Waals surface area contributed by atoms with E-state index in [9.17, 15) is 13.2 Å². The lowest BCUT2D eigenvalue weighted by Crippen LogP contribution is -2.29. The van der Waals surface area contributed by atoms with Crippen LogP contribution in [0.1, 0.15) is 12.8 Å². The zero-order valence-electron chi connectivity index (χ0n) is 12.6. The van der Waals surface area contributed by atoms with E-state index in [2.05, 4.69) is 30.6 Å². The second-order valence-electron chi connectivity index (χ2n) is 5.12. The zero-order valence-corrected chi connectivity index (χ0v) is 13.4. The number of hydrogen-bond donors (Lipinski definition) is 2. The minimum absolute atomic E-state index is 0.0333. The van der Waals surface area contributed by atoms with Gasteiger partial charge >= 0.3 is 0 Å². The molecule has 0 unspecified atom stereocenters. The summed E-state index contributed by atoms with van der Waals surface area (Å²) in [5.74, 6) is 0.158. The van der Waals surface area contributed by atoms with E-state index in [1.807, 2.05) is 0 Å². The first-order valence-electron chi connectivity index (χ1n) is 7.20. The molecule has 10 nitrogen and oxygen atoms in total. The molecule has 0 spiro atoms. The Bertz CT molecular complexity index is 844. The Labute approximate surface area is 138 Å². The van der Waals surface area contributed by atoms with Crippen molar-refractivity contribution < 1.29 is 13.2 Å². The number of nitrogens with one attached hydrogen (secondary N) is 2. The van der Waals surface area contributed by atoms with Crippen molar-refractivity contribution in [3.8, 4) is 0 Å². The van der Waals surface area contributed by atoms with Crippen molar-refractivity contribution >= 4 is 27.5 Å². The van der Waals surface area contributed by atoms with Crippen LogP contribution >= 0.6 is 0 Å². The van der Waals surface area contributed by atoms with Gasteiger partial charge in [0, 0.05) is 18.7 Å². The van der Waals surface area contributed by atoms with E-state index < -0.39 is 10.0 Å². The van der Waals surface area contributed by atoms with E-state index in [0.717, 1.165) is 6.42 Å². The number of anilines is 1. The van der Waals surface area contributed by atoms with E-state index in [1.165, 1.54) is 35.3 Å². The molecular weight excluding hydrogens is 334 g/mol. The van der Waals surface area contributed by atoms with E-state index in [-0.39, 0.29) is 17.3 Å². The van der Waals surface area contributed by atoms with Gasteiger partial charge in [0.05, 0.1) is 4.90 Å². The molecule has 1 amide bonds. The third-order valence-electron chi connectivity index (χ3n) is 3.27. The summed E-state index contributed by atoms with van der Waals surface area (Å²) in [4.78, 5) is 16.0. The number of hydrogen-bond acceptors (Lipinski definition) is 7. The van der Waals surface area contributed by atoms with Crippen molar-refractivity contribution in [2.24, 2.45) is 4.99 Å². The second kappa shape index (κ2) is 6.74. The highest BCUT2D eigenvalue weighted by Gasteiger charge is 2.18. The topological polar surface area (TPSA) is 131 Å². The maximum atomic E-state index is 12.2. The summed E-state index contributed by atoms with van der Waals surface area (Å²) in [6.45, 7) is 0.610. The van der Waals surface area contributed by atoms with Crippen molar-refractivity contribution in [1.82, 2.24) is 24.9 Å². The average Bonchev–Trinajstić information content (AvgIpc) is 3.21. The minimum Gasteiger partial charge on any atom is -0.324 e. The number of amides is 1. The summed E-state index contributed by atoms with van der Waals surface area (Å²) in [6, 6.07) is 5.87. The van der Waals surface area contributed by atoms with E-state index in [4.69, 9.17) is 0 Å². The standard InChI is InChI=1S/C13H15N7O3S/c21-13(8-20-9-15-18-19-20)16-10-3-5-11(6-4-10)24(22,23)17-12-2-1-7-14-12/h3-6,9H,1-2,7-8H2,(H,14,17)(H,16,21). The predicted molar refractivity (Wildman–Crippen MR) is 84.7 cm³/mol. The molecule has 126 valence electrons. The van der Waals surface area contributed by atoms with Crippen LogP contribution in [-0.4, -0.2) is 46.9 Å². The number of nitrogens with zero attached hydrogens (tertiary/aromatic N) is 5. The summed E-state index contributed by atoms with van der Waals surface area (Å²) in [5.41, 5.74) is 0.477. The zero-order chi connectivity index (χ0) is 17.0. The number of rotatable bonds is 5. The molecule has 1 aromatic carbocycles. The van der Waals surface area contributed by atoms with Gasteiger partial charge in [-0.2, -0.15) is 0 Å². The number of amidine groups is 1. The molecule has 3 rings (SSSR count). The fourth-order valence-electron chi connectivity index (χ4n) is 2.15. The van der Waals surface area contributed by atoms with Crippen LogP contribution in [0.15, 0.2) is 40.5 Å². The van der Waals surface area contributed by atoms with Crippen molar-refractivity contribution in [3.63, 3.8) is 0 Å². The Hall–Kier alpha value is -2.82. The molecule has 0 fully saturated rings. The molecule has 11 heteroatoms. The molecule has 1 aromatic heterocycles. The Kier molecular flexibility index (Phi) is 4.51. The molecule has 2 aromatic rings. The molecule has 0 atom stereocenters. The van der Waals surface area contributed by atoms with Crippen molar-refractivity contribution in [1.29, 1.82) is 0 Å². The molecule has 0 radical (unpaired) electrons. The van der Waals surface area contributed by atoms with Gasteiger partial charge in [0.15, 0.2) is 0 Å². The smallest absolute Gasteiger partial charge is 0.262 e. The molecule has 0 bridgehead atoms. The first-order valence-corrected chi connectivity index (χ1v) is 8.68. The van der Waals surface area contributed by atoms with Gasteiger partial charge in [-0.1, -0.05) is 0 Å². The van der Waals surface area contributed by atoms with Gasteiger partial charge in [-0.25, -0.2) is 13.1 Å². The fraction of sp³-hybridized carbons (Fsp3) is 0.308. The number of tetrazole rings is 1. The van der Waals surface area contributed by atoms with Crippen molar-refractivity contribution in [2.75, 3.05) is 11.9 Å². The molecule has 0 aliphatic carbocycles. The third kappa shape index (κ3) is 3.93. The lowest BCUT2D eigenvalue weighted by molar-refractivity contribution is -0.116. The van der Waals surface area contributed by atoms with Gasteiger partial charge in [0.25, 0.3) is 10.0 Å². The van der Waals surface area contributed by atoms with E-state index in [0.29, 0.717) is 24.5 Å². The Morgan fingerprint density at radius 3 is 2.67 bits per heavy atom. The SMILES string of the molecule is O=C(Cn1cnnn1)Nc1ccc(S(=O)(=O)NC2=NCCC2)cc1. The quantitative estimate of drug-likeness (QED) is 0.767. The first kappa shape index (κ1) is 16.1. The Morgan fingerprint density at radius 2 is 2.04 bits per heavy atom. The van der Waals surface area contributed by atoms with Crippen LogP contribution < -0.4 is 10.0 Å². The maximum absolute atomic E-state index is 12.2. The van der Waals surface area contributed by atoms with Crippen LogP contribution in [-0.2, 0) is 21.4 Å². The Balaban J connectivity index is 1.63. The predicted octanol–water partition coefficient (Wildman–Crippen LogP) is -0.218. The summed E-state index contributed by atoms with van der Waals surface area (Å²) < 4.78 is 28.2. The molecule has 1 aliphatic rings. The Morgan fingerprint density at radius 1 is 1.25 bits per heavy atom. The monoisotopic (exact) mass is 349 g/mol. The summed E-state index contributed by atoms with van der Waals surface area (Å²) in [7, 11) is -3.65. The van der Waals surface area contributed by atoms with Gasteiger partial charge in [0.2, 0.25) is 5.91 Å². The molecule has 0 saturated heterocycles. The van der Waals surface area contributed by atoms with Crippen LogP contribution in [0.3, 0.4) is 0 Å². The highest BCUT2D eigenvalue weighted by molar-refractivity contribution is 7.90. The van der Waals surface area contributed by atoms with Crippen LogP contribution in [0.2, 0.25) is 0 Å².